The van der Waals surface area contributed by atoms with Crippen LogP contribution in [0.25, 0.3) is 0 Å². The summed E-state index contributed by atoms with van der Waals surface area (Å²) in [6.45, 7) is 6.08. The Balaban J connectivity index is 0. The first-order chi connectivity index (χ1) is 5.98. The van der Waals surface area contributed by atoms with Crippen molar-refractivity contribution in [2.45, 2.75) is 25.5 Å². The van der Waals surface area contributed by atoms with Crippen molar-refractivity contribution in [1.82, 2.24) is 0 Å². The molecule has 8 heteroatoms. The summed E-state index contributed by atoms with van der Waals surface area (Å²) < 4.78 is 29.8. The fourth-order valence-electron chi connectivity index (χ4n) is 0.330. The number of rotatable bonds is 1. The molecule has 4 N–H and O–H groups in total. The van der Waals surface area contributed by atoms with Gasteiger partial charge in [0.2, 0.25) is 0 Å². The molecule has 6 nitrogen and oxygen atoms in total. The van der Waals surface area contributed by atoms with Crippen LogP contribution in [0.2, 0.25) is 0 Å². The summed E-state index contributed by atoms with van der Waals surface area (Å²) >= 11 is 1.37. The average molecular weight is 244 g/mol. The van der Waals surface area contributed by atoms with Crippen molar-refractivity contribution in [3.8, 4) is 0 Å². The topological polar surface area (TPSA) is 113 Å². The molecule has 0 saturated heterocycles. The minimum Gasteiger partial charge on any atom is -0.379 e. The van der Waals surface area contributed by atoms with Crippen LogP contribution in [0.15, 0.2) is 0 Å². The van der Waals surface area contributed by atoms with Crippen molar-refractivity contribution in [3.05, 3.63) is 0 Å². The lowest BCUT2D eigenvalue weighted by Gasteiger charge is -2.14. The molecule has 0 fully saturated rings. The van der Waals surface area contributed by atoms with E-state index < -0.39 is 10.4 Å². The molecule has 86 valence electrons. The van der Waals surface area contributed by atoms with E-state index in [1.165, 1.54) is 11.8 Å². The van der Waals surface area contributed by atoms with E-state index in [-0.39, 0.29) is 9.91 Å². The van der Waals surface area contributed by atoms with Gasteiger partial charge in [-0.1, -0.05) is 32.5 Å². The highest BCUT2D eigenvalue weighted by Gasteiger charge is 2.11. The predicted molar refractivity (Wildman–Crippen MR) is 57.8 cm³/mol. The molecular formula is C6H16N2O4S2. The summed E-state index contributed by atoms with van der Waals surface area (Å²) in [6.07, 6.45) is 0. The zero-order valence-electron chi connectivity index (χ0n) is 8.57. The Morgan fingerprint density at radius 2 is 1.79 bits per heavy atom. The van der Waals surface area contributed by atoms with Gasteiger partial charge in [0.05, 0.1) is 7.11 Å². The molecule has 0 aliphatic heterocycles. The molecule has 0 aliphatic carbocycles. The molecule has 0 atom stereocenters. The molecule has 0 bridgehead atoms. The summed E-state index contributed by atoms with van der Waals surface area (Å²) in [7, 11) is -3.29. The first-order valence-corrected chi connectivity index (χ1v) is 5.72. The molecule has 0 amide bonds. The van der Waals surface area contributed by atoms with Crippen LogP contribution in [0.1, 0.15) is 20.8 Å². The van der Waals surface area contributed by atoms with Crippen molar-refractivity contribution in [2.24, 2.45) is 5.73 Å². The van der Waals surface area contributed by atoms with Crippen molar-refractivity contribution in [2.75, 3.05) is 7.11 Å². The zero-order chi connectivity index (χ0) is 12.0. The van der Waals surface area contributed by atoms with Gasteiger partial charge in [-0.3, -0.25) is 14.1 Å². The first kappa shape index (κ1) is 16.1. The standard InChI is InChI=1S/C5H12N2S.CH4O4S/c1-5(2,3)8-4(6)7;1-5-6(2,3)4/h1-3H3,(H3,6,7);1H3,(H,2,3,4). The smallest absolute Gasteiger partial charge is 0.379 e. The van der Waals surface area contributed by atoms with Gasteiger partial charge >= 0.3 is 10.4 Å². The van der Waals surface area contributed by atoms with E-state index in [2.05, 4.69) is 4.18 Å². The Bertz CT molecular complexity index is 268. The van der Waals surface area contributed by atoms with Crippen molar-refractivity contribution in [1.29, 1.82) is 5.41 Å². The van der Waals surface area contributed by atoms with Gasteiger partial charge < -0.3 is 5.73 Å². The molecule has 0 heterocycles. The summed E-state index contributed by atoms with van der Waals surface area (Å²) in [6, 6.07) is 0. The number of nitrogens with two attached hydrogens (primary N) is 1. The molecule has 14 heavy (non-hydrogen) atoms. The molecule has 0 aromatic rings. The third-order valence-corrected chi connectivity index (χ3v) is 1.88. The predicted octanol–water partition coefficient (Wildman–Crippen LogP) is 0.847. The highest BCUT2D eigenvalue weighted by Crippen LogP contribution is 2.21. The molecule has 0 radical (unpaired) electrons. The average Bonchev–Trinajstić information content (AvgIpc) is 1.81. The molecule has 0 aromatic carbocycles. The normalized spacial score (nSPS) is 11.5. The number of nitrogens with one attached hydrogen (secondary N) is 1. The van der Waals surface area contributed by atoms with Gasteiger partial charge in [0.1, 0.15) is 0 Å². The lowest BCUT2D eigenvalue weighted by atomic mass is 10.3. The minimum atomic E-state index is -4.16. The Morgan fingerprint density at radius 3 is 1.79 bits per heavy atom. The zero-order valence-corrected chi connectivity index (χ0v) is 10.2. The van der Waals surface area contributed by atoms with E-state index in [1.54, 1.807) is 0 Å². The van der Waals surface area contributed by atoms with Gasteiger partial charge in [0, 0.05) is 4.75 Å². The third kappa shape index (κ3) is 22.6. The fourth-order valence-corrected chi connectivity index (χ4v) is 0.990. The lowest BCUT2D eigenvalue weighted by molar-refractivity contribution is 0.324. The van der Waals surface area contributed by atoms with E-state index in [0.717, 1.165) is 7.11 Å². The van der Waals surface area contributed by atoms with Crippen LogP contribution in [0.4, 0.5) is 0 Å². The number of hydrogen-bond donors (Lipinski definition) is 3. The van der Waals surface area contributed by atoms with Crippen LogP contribution < -0.4 is 5.73 Å². The van der Waals surface area contributed by atoms with Crippen LogP contribution in [0, 0.1) is 5.41 Å². The van der Waals surface area contributed by atoms with Crippen LogP contribution >= 0.6 is 11.8 Å². The second-order valence-electron chi connectivity index (χ2n) is 3.17. The van der Waals surface area contributed by atoms with E-state index in [4.69, 9.17) is 15.7 Å². The van der Waals surface area contributed by atoms with E-state index in [1.807, 2.05) is 20.8 Å². The summed E-state index contributed by atoms with van der Waals surface area (Å²) in [4.78, 5) is 0. The second kappa shape index (κ2) is 6.23. The maximum absolute atomic E-state index is 9.33. The number of amidine groups is 1. The molecule has 0 aliphatic rings. The quantitative estimate of drug-likeness (QED) is 0.358. The molecular weight excluding hydrogens is 228 g/mol. The van der Waals surface area contributed by atoms with Crippen LogP contribution in [0.3, 0.4) is 0 Å². The first-order valence-electron chi connectivity index (χ1n) is 3.54. The molecule has 0 unspecified atom stereocenters. The largest absolute Gasteiger partial charge is 0.397 e. The van der Waals surface area contributed by atoms with Gasteiger partial charge in [0.25, 0.3) is 0 Å². The van der Waals surface area contributed by atoms with Gasteiger partial charge in [-0.2, -0.15) is 8.42 Å². The van der Waals surface area contributed by atoms with Gasteiger partial charge in [-0.15, -0.1) is 0 Å². The highest BCUT2D eigenvalue weighted by atomic mass is 32.3. The fraction of sp³-hybridized carbons (Fsp3) is 0.833. The van der Waals surface area contributed by atoms with Crippen LogP contribution in [0.5, 0.6) is 0 Å². The molecule has 0 rings (SSSR count). The monoisotopic (exact) mass is 244 g/mol. The SMILES string of the molecule is CC(C)(C)SC(=N)N.COS(=O)(=O)O. The van der Waals surface area contributed by atoms with Crippen molar-refractivity contribution >= 4 is 27.3 Å². The Kier molecular flexibility index (Phi) is 7.17. The van der Waals surface area contributed by atoms with Gasteiger partial charge in [-0.25, -0.2) is 0 Å². The second-order valence-corrected chi connectivity index (χ2v) is 6.23. The number of hydrogen-bond acceptors (Lipinski definition) is 5. The summed E-state index contributed by atoms with van der Waals surface area (Å²) in [5, 5.41) is 7.08. The Labute approximate surface area is 88.7 Å². The highest BCUT2D eigenvalue weighted by molar-refractivity contribution is 8.14. The van der Waals surface area contributed by atoms with Crippen LogP contribution in [-0.2, 0) is 14.6 Å². The van der Waals surface area contributed by atoms with Crippen molar-refractivity contribution in [3.63, 3.8) is 0 Å². The van der Waals surface area contributed by atoms with E-state index >= 15 is 0 Å². The maximum atomic E-state index is 9.33. The number of thioether (sulfide) groups is 1. The maximum Gasteiger partial charge on any atom is 0.397 e. The Morgan fingerprint density at radius 1 is 1.50 bits per heavy atom. The van der Waals surface area contributed by atoms with E-state index in [9.17, 15) is 8.42 Å². The summed E-state index contributed by atoms with van der Waals surface area (Å²) in [5.74, 6) is 0. The molecule has 0 aromatic heterocycles. The van der Waals surface area contributed by atoms with Gasteiger partial charge in [0.15, 0.2) is 5.17 Å². The minimum absolute atomic E-state index is 0.0891. The third-order valence-electron chi connectivity index (χ3n) is 0.627. The van der Waals surface area contributed by atoms with Gasteiger partial charge in [-0.05, 0) is 0 Å². The van der Waals surface area contributed by atoms with E-state index in [0.29, 0.717) is 0 Å². The molecule has 0 saturated carbocycles. The van der Waals surface area contributed by atoms with Crippen molar-refractivity contribution < 1.29 is 17.2 Å². The summed E-state index contributed by atoms with van der Waals surface area (Å²) in [5.41, 5.74) is 5.12. The lowest BCUT2D eigenvalue weighted by Crippen LogP contribution is -2.16. The van der Waals surface area contributed by atoms with Crippen LogP contribution in [-0.4, -0.2) is 30.0 Å². The Hall–Kier alpha value is -0.310. The molecule has 0 spiro atoms.